The van der Waals surface area contributed by atoms with Crippen LogP contribution in [0, 0.1) is 0 Å². The fraction of sp³-hybridized carbons (Fsp3) is 0.375. The number of rotatable bonds is 1. The molecular weight excluding hydrogens is 270 g/mol. The maximum absolute atomic E-state index is 10.4. The van der Waals surface area contributed by atoms with Gasteiger partial charge >= 0.3 is 0 Å². The van der Waals surface area contributed by atoms with Crippen LogP contribution in [-0.4, -0.2) is 28.0 Å². The number of ether oxygens (including phenoxy) is 2. The van der Waals surface area contributed by atoms with E-state index in [1.807, 2.05) is 12.1 Å². The van der Waals surface area contributed by atoms with Crippen molar-refractivity contribution in [1.29, 1.82) is 0 Å². The lowest BCUT2D eigenvalue weighted by atomic mass is 9.95. The second-order valence-corrected chi connectivity index (χ2v) is 5.47. The van der Waals surface area contributed by atoms with E-state index in [0.717, 1.165) is 36.8 Å². The summed E-state index contributed by atoms with van der Waals surface area (Å²) in [7, 11) is 0. The van der Waals surface area contributed by atoms with Crippen LogP contribution in [0.4, 0.5) is 0 Å². The Labute approximate surface area is 122 Å². The van der Waals surface area contributed by atoms with E-state index in [4.69, 9.17) is 9.47 Å². The molecule has 0 spiro atoms. The highest BCUT2D eigenvalue weighted by Crippen LogP contribution is 2.42. The summed E-state index contributed by atoms with van der Waals surface area (Å²) >= 11 is 0. The van der Waals surface area contributed by atoms with Gasteiger partial charge in [0.2, 0.25) is 11.8 Å². The Morgan fingerprint density at radius 1 is 0.857 bits per heavy atom. The summed E-state index contributed by atoms with van der Waals surface area (Å²) in [6.45, 7) is 1.05. The lowest BCUT2D eigenvalue weighted by molar-refractivity contribution is 0.171. The summed E-state index contributed by atoms with van der Waals surface area (Å²) in [5, 5.41) is 20.9. The molecule has 0 saturated heterocycles. The highest BCUT2D eigenvalue weighted by molar-refractivity contribution is 5.57. The molecule has 4 rings (SSSR count). The number of hydrogen-bond acceptors (Lipinski definition) is 4. The summed E-state index contributed by atoms with van der Waals surface area (Å²) in [6, 6.07) is 5.42. The van der Waals surface area contributed by atoms with E-state index in [1.165, 1.54) is 4.57 Å². The van der Waals surface area contributed by atoms with Gasteiger partial charge in [0.1, 0.15) is 13.2 Å². The first-order chi connectivity index (χ1) is 10.3. The third-order valence-corrected chi connectivity index (χ3v) is 4.22. The Morgan fingerprint density at radius 3 is 2.14 bits per heavy atom. The standard InChI is InChI=1S/C16H17NO4/c18-15-11-3-1-2-4-12(11)16(19)17(15)10-5-6-13-14(9-10)21-8-7-20-13/h5-6,9,18-19H,1-4,7-8H2. The van der Waals surface area contributed by atoms with Gasteiger partial charge in [-0.1, -0.05) is 0 Å². The van der Waals surface area contributed by atoms with Gasteiger partial charge in [-0.3, -0.25) is 4.57 Å². The second-order valence-electron chi connectivity index (χ2n) is 5.47. The quantitative estimate of drug-likeness (QED) is 0.846. The van der Waals surface area contributed by atoms with Gasteiger partial charge in [0.25, 0.3) is 0 Å². The lowest BCUT2D eigenvalue weighted by Gasteiger charge is -2.19. The predicted octanol–water partition coefficient (Wildman–Crippen LogP) is 2.54. The van der Waals surface area contributed by atoms with E-state index < -0.39 is 0 Å². The third-order valence-electron chi connectivity index (χ3n) is 4.22. The van der Waals surface area contributed by atoms with Gasteiger partial charge in [-0.05, 0) is 37.8 Å². The molecule has 0 unspecified atom stereocenters. The SMILES string of the molecule is Oc1c2c(c(O)n1-c1ccc3c(c1)OCCO3)CCCC2. The summed E-state index contributed by atoms with van der Waals surface area (Å²) in [6.07, 6.45) is 3.72. The molecule has 0 saturated carbocycles. The molecule has 0 amide bonds. The maximum atomic E-state index is 10.4. The minimum absolute atomic E-state index is 0.138. The van der Waals surface area contributed by atoms with E-state index in [0.29, 0.717) is 30.4 Å². The van der Waals surface area contributed by atoms with Crippen molar-refractivity contribution in [2.75, 3.05) is 13.2 Å². The fourth-order valence-electron chi connectivity index (χ4n) is 3.18. The number of benzene rings is 1. The van der Waals surface area contributed by atoms with Crippen molar-refractivity contribution in [3.05, 3.63) is 29.3 Å². The molecule has 0 atom stereocenters. The Bertz CT molecular complexity index is 675. The van der Waals surface area contributed by atoms with Crippen molar-refractivity contribution < 1.29 is 19.7 Å². The van der Waals surface area contributed by atoms with Crippen LogP contribution >= 0.6 is 0 Å². The fourth-order valence-corrected chi connectivity index (χ4v) is 3.18. The molecule has 2 N–H and O–H groups in total. The van der Waals surface area contributed by atoms with Crippen LogP contribution in [0.15, 0.2) is 18.2 Å². The average Bonchev–Trinajstić information content (AvgIpc) is 2.79. The minimum atomic E-state index is 0.138. The van der Waals surface area contributed by atoms with Crippen molar-refractivity contribution in [3.8, 4) is 28.9 Å². The van der Waals surface area contributed by atoms with Gasteiger partial charge in [-0.15, -0.1) is 0 Å². The van der Waals surface area contributed by atoms with Crippen LogP contribution in [-0.2, 0) is 12.8 Å². The van der Waals surface area contributed by atoms with Crippen LogP contribution in [0.2, 0.25) is 0 Å². The molecule has 0 bridgehead atoms. The zero-order valence-electron chi connectivity index (χ0n) is 11.6. The van der Waals surface area contributed by atoms with Gasteiger partial charge < -0.3 is 19.7 Å². The Kier molecular flexibility index (Phi) is 2.74. The molecule has 1 aliphatic carbocycles. The molecule has 0 fully saturated rings. The average molecular weight is 287 g/mol. The summed E-state index contributed by atoms with van der Waals surface area (Å²) in [4.78, 5) is 0. The van der Waals surface area contributed by atoms with E-state index in [9.17, 15) is 10.2 Å². The number of aromatic nitrogens is 1. The maximum Gasteiger partial charge on any atom is 0.202 e. The number of aromatic hydroxyl groups is 2. The summed E-state index contributed by atoms with van der Waals surface area (Å²) in [5.41, 5.74) is 2.42. The molecule has 2 aliphatic rings. The molecule has 2 heterocycles. The number of hydrogen-bond donors (Lipinski definition) is 2. The van der Waals surface area contributed by atoms with E-state index in [1.54, 1.807) is 6.07 Å². The van der Waals surface area contributed by atoms with E-state index in [-0.39, 0.29) is 11.8 Å². The molecule has 110 valence electrons. The second kappa shape index (κ2) is 4.62. The van der Waals surface area contributed by atoms with Gasteiger partial charge in [-0.25, -0.2) is 0 Å². The minimum Gasteiger partial charge on any atom is -0.494 e. The molecule has 1 aromatic heterocycles. The molecule has 1 aliphatic heterocycles. The van der Waals surface area contributed by atoms with E-state index >= 15 is 0 Å². The van der Waals surface area contributed by atoms with Crippen molar-refractivity contribution in [2.45, 2.75) is 25.7 Å². The lowest BCUT2D eigenvalue weighted by Crippen LogP contribution is -2.15. The predicted molar refractivity (Wildman–Crippen MR) is 76.7 cm³/mol. The molecule has 2 aromatic rings. The van der Waals surface area contributed by atoms with Crippen LogP contribution in [0.25, 0.3) is 5.69 Å². The third kappa shape index (κ3) is 1.84. The van der Waals surface area contributed by atoms with Crippen LogP contribution in [0.1, 0.15) is 24.0 Å². The number of nitrogens with zero attached hydrogens (tertiary/aromatic N) is 1. The van der Waals surface area contributed by atoms with Crippen molar-refractivity contribution in [2.24, 2.45) is 0 Å². The molecule has 0 radical (unpaired) electrons. The number of fused-ring (bicyclic) bond motifs is 2. The van der Waals surface area contributed by atoms with E-state index in [2.05, 4.69) is 0 Å². The monoisotopic (exact) mass is 287 g/mol. The van der Waals surface area contributed by atoms with Gasteiger partial charge in [0.15, 0.2) is 11.5 Å². The zero-order valence-corrected chi connectivity index (χ0v) is 11.6. The molecular formula is C16H17NO4. The largest absolute Gasteiger partial charge is 0.494 e. The summed E-state index contributed by atoms with van der Waals surface area (Å²) < 4.78 is 12.6. The smallest absolute Gasteiger partial charge is 0.202 e. The van der Waals surface area contributed by atoms with Crippen molar-refractivity contribution in [1.82, 2.24) is 4.57 Å². The Hall–Kier alpha value is -2.30. The first kappa shape index (κ1) is 12.4. The highest BCUT2D eigenvalue weighted by atomic mass is 16.6. The Morgan fingerprint density at radius 2 is 1.48 bits per heavy atom. The van der Waals surface area contributed by atoms with Gasteiger partial charge in [-0.2, -0.15) is 0 Å². The topological polar surface area (TPSA) is 63.9 Å². The highest BCUT2D eigenvalue weighted by Gasteiger charge is 2.26. The normalized spacial score (nSPS) is 16.6. The summed E-state index contributed by atoms with van der Waals surface area (Å²) in [5.74, 6) is 1.61. The van der Waals surface area contributed by atoms with Gasteiger partial charge in [0, 0.05) is 17.2 Å². The zero-order chi connectivity index (χ0) is 14.4. The molecule has 5 nitrogen and oxygen atoms in total. The van der Waals surface area contributed by atoms with Crippen molar-refractivity contribution >= 4 is 0 Å². The van der Waals surface area contributed by atoms with Crippen LogP contribution < -0.4 is 9.47 Å². The Balaban J connectivity index is 1.85. The van der Waals surface area contributed by atoms with Crippen LogP contribution in [0.3, 0.4) is 0 Å². The van der Waals surface area contributed by atoms with Gasteiger partial charge in [0.05, 0.1) is 5.69 Å². The van der Waals surface area contributed by atoms with Crippen LogP contribution in [0.5, 0.6) is 23.3 Å². The first-order valence-corrected chi connectivity index (χ1v) is 7.30. The molecule has 1 aromatic carbocycles. The first-order valence-electron chi connectivity index (χ1n) is 7.30. The molecule has 5 heteroatoms. The van der Waals surface area contributed by atoms with Crippen molar-refractivity contribution in [3.63, 3.8) is 0 Å². The molecule has 21 heavy (non-hydrogen) atoms.